The first-order valence-corrected chi connectivity index (χ1v) is 13.9. The summed E-state index contributed by atoms with van der Waals surface area (Å²) in [5.74, 6) is 1.69. The van der Waals surface area contributed by atoms with Gasteiger partial charge in [0.2, 0.25) is 0 Å². The van der Waals surface area contributed by atoms with Gasteiger partial charge in [-0.15, -0.1) is 0 Å². The molecule has 0 radical (unpaired) electrons. The van der Waals surface area contributed by atoms with Crippen molar-refractivity contribution in [2.75, 3.05) is 0 Å². The zero-order valence-corrected chi connectivity index (χ0v) is 21.3. The first kappa shape index (κ1) is 24.9. The fourth-order valence-electron chi connectivity index (χ4n) is 4.48. The van der Waals surface area contributed by atoms with Crippen molar-refractivity contribution in [2.45, 2.75) is 0 Å². The molecule has 0 spiro atoms. The Morgan fingerprint density at radius 2 is 1.13 bits per heavy atom. The molecule has 0 unspecified atom stereocenters. The number of hydrogen-bond acceptors (Lipinski definition) is 4. The highest BCUT2D eigenvalue weighted by Gasteiger charge is 2.27. The lowest BCUT2D eigenvalue weighted by Crippen LogP contribution is -2.29. The summed E-state index contributed by atoms with van der Waals surface area (Å²) in [6.45, 7) is -2.48. The second-order valence-corrected chi connectivity index (χ2v) is 11.9. The van der Waals surface area contributed by atoms with Gasteiger partial charge in [-0.1, -0.05) is 115 Å². The fourth-order valence-corrected chi connectivity index (χ4v) is 8.11. The number of non-ortho nitro benzene ring substituents is 1. The van der Waals surface area contributed by atoms with Crippen molar-refractivity contribution in [3.63, 3.8) is 0 Å². The number of nitrogens with zero attached hydrogens (tertiary/aromatic N) is 1. The van der Waals surface area contributed by atoms with Gasteiger partial charge in [0.1, 0.15) is 5.75 Å². The number of carbonyl (C=O) groups excluding carboxylic acids is 1. The number of ether oxygens (including phenoxy) is 1. The third kappa shape index (κ3) is 5.19. The van der Waals surface area contributed by atoms with Crippen LogP contribution in [0.25, 0.3) is 11.1 Å². The van der Waals surface area contributed by atoms with Crippen molar-refractivity contribution in [3.05, 3.63) is 150 Å². The number of rotatable bonds is 7. The van der Waals surface area contributed by atoms with Gasteiger partial charge in [0.05, 0.1) is 4.92 Å². The summed E-state index contributed by atoms with van der Waals surface area (Å²) in [5.41, 5.74) is 1.53. The van der Waals surface area contributed by atoms with Crippen LogP contribution in [0.2, 0.25) is 0 Å². The normalized spacial score (nSPS) is 10.9. The Hall–Kier alpha value is -4.73. The molecule has 5 rings (SSSR count). The minimum Gasteiger partial charge on any atom is -0.423 e. The summed E-state index contributed by atoms with van der Waals surface area (Å²) < 4.78 is 5.81. The van der Waals surface area contributed by atoms with Crippen molar-refractivity contribution >= 4 is 40.3 Å². The molecule has 5 aromatic rings. The van der Waals surface area contributed by atoms with Crippen LogP contribution in [-0.2, 0) is 4.79 Å². The molecule has 38 heavy (non-hydrogen) atoms. The second-order valence-electron chi connectivity index (χ2n) is 8.61. The predicted octanol–water partition coefficient (Wildman–Crippen LogP) is 5.96. The molecule has 0 fully saturated rings. The van der Waals surface area contributed by atoms with E-state index in [1.807, 2.05) is 54.6 Å². The smallest absolute Gasteiger partial charge is 0.337 e. The number of nitro benzene ring substituents is 1. The Balaban J connectivity index is 1.54. The molecule has 0 heterocycles. The highest BCUT2D eigenvalue weighted by atomic mass is 31.2. The van der Waals surface area contributed by atoms with E-state index in [9.17, 15) is 14.9 Å². The van der Waals surface area contributed by atoms with E-state index in [4.69, 9.17) is 4.74 Å². The van der Waals surface area contributed by atoms with Crippen LogP contribution in [-0.4, -0.2) is 16.7 Å². The molecule has 0 aromatic heterocycles. The molecular formula is C32H24NO4P. The van der Waals surface area contributed by atoms with Crippen LogP contribution >= 0.6 is 6.89 Å². The van der Waals surface area contributed by atoms with E-state index < -0.39 is 17.8 Å². The van der Waals surface area contributed by atoms with E-state index in [0.29, 0.717) is 11.3 Å². The van der Waals surface area contributed by atoms with E-state index >= 15 is 0 Å². The van der Waals surface area contributed by atoms with Gasteiger partial charge in [0, 0.05) is 17.9 Å². The van der Waals surface area contributed by atoms with Gasteiger partial charge in [-0.3, -0.25) is 10.1 Å². The van der Waals surface area contributed by atoms with E-state index in [0.717, 1.165) is 21.5 Å². The predicted molar refractivity (Wildman–Crippen MR) is 155 cm³/mol. The van der Waals surface area contributed by atoms with Gasteiger partial charge in [-0.2, -0.15) is 0 Å². The molecule has 0 saturated heterocycles. The maximum Gasteiger partial charge on any atom is 0.337 e. The van der Waals surface area contributed by atoms with Crippen molar-refractivity contribution < 1.29 is 14.5 Å². The van der Waals surface area contributed by atoms with Gasteiger partial charge in [0.25, 0.3) is 5.69 Å². The van der Waals surface area contributed by atoms with Crippen molar-refractivity contribution in [1.29, 1.82) is 0 Å². The van der Waals surface area contributed by atoms with Gasteiger partial charge >= 0.3 is 5.97 Å². The fraction of sp³-hybridized carbons (Fsp3) is 0. The van der Waals surface area contributed by atoms with Crippen LogP contribution in [0.3, 0.4) is 0 Å². The second kappa shape index (κ2) is 11.1. The van der Waals surface area contributed by atoms with E-state index in [-0.39, 0.29) is 5.69 Å². The zero-order valence-electron chi connectivity index (χ0n) is 20.4. The van der Waals surface area contributed by atoms with Gasteiger partial charge < -0.3 is 4.74 Å². The largest absolute Gasteiger partial charge is 0.423 e. The maximum atomic E-state index is 13.5. The van der Waals surface area contributed by atoms with E-state index in [1.54, 1.807) is 42.2 Å². The Morgan fingerprint density at radius 1 is 0.632 bits per heavy atom. The summed E-state index contributed by atoms with van der Waals surface area (Å²) >= 11 is 0. The number of nitro groups is 1. The summed E-state index contributed by atoms with van der Waals surface area (Å²) in [6.07, 6.45) is 0. The molecule has 0 aliphatic rings. The van der Waals surface area contributed by atoms with Crippen molar-refractivity contribution in [1.82, 2.24) is 0 Å². The lowest BCUT2D eigenvalue weighted by Gasteiger charge is -2.28. The van der Waals surface area contributed by atoms with Gasteiger partial charge in [-0.05, 0) is 46.1 Å². The van der Waals surface area contributed by atoms with Crippen molar-refractivity contribution in [2.24, 2.45) is 0 Å². The van der Waals surface area contributed by atoms with Crippen LogP contribution in [0.1, 0.15) is 0 Å². The molecule has 186 valence electrons. The van der Waals surface area contributed by atoms with E-state index in [1.165, 1.54) is 12.1 Å². The highest BCUT2D eigenvalue weighted by molar-refractivity contribution is 7.95. The Kier molecular flexibility index (Phi) is 7.30. The van der Waals surface area contributed by atoms with Crippen molar-refractivity contribution in [3.8, 4) is 16.9 Å². The van der Waals surface area contributed by atoms with Crippen LogP contribution < -0.4 is 20.7 Å². The summed E-state index contributed by atoms with van der Waals surface area (Å²) in [6, 6.07) is 43.6. The Bertz CT molecular complexity index is 1510. The number of esters is 1. The average molecular weight is 518 g/mol. The monoisotopic (exact) mass is 517 g/mol. The summed E-state index contributed by atoms with van der Waals surface area (Å²) in [7, 11) is 0. The van der Waals surface area contributed by atoms with E-state index in [2.05, 4.69) is 36.4 Å². The topological polar surface area (TPSA) is 69.4 Å². The number of carbonyl (C=O) groups is 1. The maximum absolute atomic E-state index is 13.5. The summed E-state index contributed by atoms with van der Waals surface area (Å²) in [5, 5.41) is 14.3. The molecule has 0 aliphatic carbocycles. The minimum atomic E-state index is -2.48. The molecule has 0 aliphatic heterocycles. The molecule has 0 amide bonds. The Labute approximate surface area is 221 Å². The Morgan fingerprint density at radius 3 is 1.61 bits per heavy atom. The lowest BCUT2D eigenvalue weighted by atomic mass is 10.1. The molecule has 0 saturated carbocycles. The average Bonchev–Trinajstić information content (AvgIpc) is 2.98. The highest BCUT2D eigenvalue weighted by Crippen LogP contribution is 2.43. The third-order valence-electron chi connectivity index (χ3n) is 6.25. The standard InChI is InChI=1S/C32H24NO4P/c34-32(37-28-21-19-25(20-22-28)26-11-10-12-27(23-26)33(35)36)24-38(29-13-4-1-5-14-29,30-15-6-2-7-16-30)31-17-8-3-9-18-31/h1-24H. The molecular weight excluding hydrogens is 493 g/mol. The summed E-state index contributed by atoms with van der Waals surface area (Å²) in [4.78, 5) is 24.2. The molecule has 6 heteroatoms. The first-order chi connectivity index (χ1) is 18.6. The van der Waals surface area contributed by atoms with Crippen LogP contribution in [0.15, 0.2) is 140 Å². The molecule has 0 bridgehead atoms. The van der Waals surface area contributed by atoms with Gasteiger partial charge in [0.15, 0.2) is 0 Å². The van der Waals surface area contributed by atoms with Crippen LogP contribution in [0, 0.1) is 10.1 Å². The quantitative estimate of drug-likeness (QED) is 0.0878. The number of hydrogen-bond donors (Lipinski definition) is 0. The van der Waals surface area contributed by atoms with Crippen LogP contribution in [0.4, 0.5) is 5.69 Å². The molecule has 5 nitrogen and oxygen atoms in total. The third-order valence-corrected chi connectivity index (χ3v) is 10.2. The first-order valence-electron chi connectivity index (χ1n) is 12.0. The van der Waals surface area contributed by atoms with Crippen LogP contribution in [0.5, 0.6) is 5.75 Å². The molecule has 5 aromatic carbocycles. The number of benzene rings is 5. The minimum absolute atomic E-state index is 0.0237. The molecule has 0 atom stereocenters. The lowest BCUT2D eigenvalue weighted by molar-refractivity contribution is -0.384. The SMILES string of the molecule is O=C(C=P(c1ccccc1)(c1ccccc1)c1ccccc1)Oc1ccc(-c2cccc([N+](=O)[O-])c2)cc1. The molecule has 0 N–H and O–H groups in total. The van der Waals surface area contributed by atoms with Gasteiger partial charge in [-0.25, -0.2) is 4.79 Å². The zero-order chi connectivity index (χ0) is 26.4.